The minimum atomic E-state index is -0.520. The number of nitrogens with zero attached hydrogens (tertiary/aromatic N) is 2. The molecule has 2 aromatic rings. The first-order valence-electron chi connectivity index (χ1n) is 11.6. The summed E-state index contributed by atoms with van der Waals surface area (Å²) in [6.07, 6.45) is 8.52. The molecular weight excluding hydrogens is 424 g/mol. The summed E-state index contributed by atoms with van der Waals surface area (Å²) in [6, 6.07) is 7.21. The van der Waals surface area contributed by atoms with Crippen LogP contribution in [0.15, 0.2) is 47.2 Å². The SMILES string of the molecule is CCCCCOc1ccc(C2C3=C(OC4CCCCC4C3=O)C(=O)N2c2nccs2)cc1. The first kappa shape index (κ1) is 21.2. The summed E-state index contributed by atoms with van der Waals surface area (Å²) in [5.74, 6) is 0.654. The minimum Gasteiger partial charge on any atom is -0.494 e. The quantitative estimate of drug-likeness (QED) is 0.539. The van der Waals surface area contributed by atoms with E-state index in [2.05, 4.69) is 11.9 Å². The van der Waals surface area contributed by atoms with E-state index in [0.717, 1.165) is 56.3 Å². The molecule has 2 aliphatic heterocycles. The van der Waals surface area contributed by atoms with Gasteiger partial charge in [0, 0.05) is 11.6 Å². The molecule has 1 saturated carbocycles. The zero-order valence-electron chi connectivity index (χ0n) is 18.3. The van der Waals surface area contributed by atoms with E-state index in [1.807, 2.05) is 29.6 Å². The van der Waals surface area contributed by atoms with Gasteiger partial charge < -0.3 is 9.47 Å². The molecule has 32 heavy (non-hydrogen) atoms. The molecule has 1 fully saturated rings. The Balaban J connectivity index is 1.48. The Hall–Kier alpha value is -2.67. The third kappa shape index (κ3) is 3.72. The average Bonchev–Trinajstić information content (AvgIpc) is 3.44. The van der Waals surface area contributed by atoms with E-state index in [9.17, 15) is 9.59 Å². The van der Waals surface area contributed by atoms with Gasteiger partial charge in [0.1, 0.15) is 11.9 Å². The predicted molar refractivity (Wildman–Crippen MR) is 123 cm³/mol. The van der Waals surface area contributed by atoms with Crippen molar-refractivity contribution in [2.24, 2.45) is 5.92 Å². The van der Waals surface area contributed by atoms with E-state index in [1.54, 1.807) is 11.1 Å². The number of ether oxygens (including phenoxy) is 2. The number of hydrogen-bond donors (Lipinski definition) is 0. The number of benzene rings is 1. The first-order chi connectivity index (χ1) is 15.7. The van der Waals surface area contributed by atoms with Crippen molar-refractivity contribution in [3.05, 3.63) is 52.7 Å². The van der Waals surface area contributed by atoms with Crippen molar-refractivity contribution in [3.63, 3.8) is 0 Å². The van der Waals surface area contributed by atoms with E-state index in [0.29, 0.717) is 17.3 Å². The number of aromatic nitrogens is 1. The Morgan fingerprint density at radius 2 is 1.97 bits per heavy atom. The molecule has 0 saturated heterocycles. The van der Waals surface area contributed by atoms with Gasteiger partial charge in [-0.25, -0.2) is 4.98 Å². The second kappa shape index (κ2) is 9.06. The van der Waals surface area contributed by atoms with E-state index >= 15 is 0 Å². The molecule has 3 aliphatic rings. The van der Waals surface area contributed by atoms with E-state index in [4.69, 9.17) is 9.47 Å². The van der Waals surface area contributed by atoms with E-state index in [1.165, 1.54) is 11.3 Å². The second-order valence-electron chi connectivity index (χ2n) is 8.67. The molecule has 0 radical (unpaired) electrons. The van der Waals surface area contributed by atoms with Gasteiger partial charge in [-0.1, -0.05) is 38.3 Å². The van der Waals surface area contributed by atoms with Crippen molar-refractivity contribution in [1.29, 1.82) is 0 Å². The van der Waals surface area contributed by atoms with Crippen LogP contribution in [0.25, 0.3) is 0 Å². The van der Waals surface area contributed by atoms with Gasteiger partial charge in [-0.3, -0.25) is 14.5 Å². The summed E-state index contributed by atoms with van der Waals surface area (Å²) < 4.78 is 12.0. The summed E-state index contributed by atoms with van der Waals surface area (Å²) in [5, 5.41) is 2.42. The van der Waals surface area contributed by atoms with Crippen molar-refractivity contribution in [3.8, 4) is 5.75 Å². The number of unbranched alkanes of at least 4 members (excludes halogenated alkanes) is 2. The lowest BCUT2D eigenvalue weighted by Gasteiger charge is -2.35. The highest BCUT2D eigenvalue weighted by atomic mass is 32.1. The van der Waals surface area contributed by atoms with Gasteiger partial charge in [0.2, 0.25) is 0 Å². The minimum absolute atomic E-state index is 0.0632. The molecule has 1 amide bonds. The molecule has 168 valence electrons. The number of fused-ring (bicyclic) bond motifs is 1. The first-order valence-corrected chi connectivity index (χ1v) is 12.5. The maximum absolute atomic E-state index is 13.6. The van der Waals surface area contributed by atoms with Gasteiger partial charge in [0.25, 0.3) is 5.91 Å². The van der Waals surface area contributed by atoms with Gasteiger partial charge in [0.05, 0.1) is 24.1 Å². The molecule has 6 nitrogen and oxygen atoms in total. The van der Waals surface area contributed by atoms with Crippen molar-refractivity contribution < 1.29 is 19.1 Å². The molecule has 0 spiro atoms. The largest absolute Gasteiger partial charge is 0.494 e. The van der Waals surface area contributed by atoms with Crippen molar-refractivity contribution in [2.45, 2.75) is 64.0 Å². The molecule has 0 N–H and O–H groups in total. The predicted octanol–water partition coefficient (Wildman–Crippen LogP) is 5.21. The highest BCUT2D eigenvalue weighted by Gasteiger charge is 2.52. The molecule has 7 heteroatoms. The van der Waals surface area contributed by atoms with Gasteiger partial charge >= 0.3 is 0 Å². The Morgan fingerprint density at radius 3 is 2.72 bits per heavy atom. The summed E-state index contributed by atoms with van der Waals surface area (Å²) in [4.78, 5) is 33.0. The van der Waals surface area contributed by atoms with Gasteiger partial charge in [-0.15, -0.1) is 11.3 Å². The van der Waals surface area contributed by atoms with Crippen LogP contribution in [-0.2, 0) is 14.3 Å². The number of rotatable bonds is 7. The summed E-state index contributed by atoms with van der Waals surface area (Å²) >= 11 is 1.39. The van der Waals surface area contributed by atoms with Crippen LogP contribution >= 0.6 is 11.3 Å². The van der Waals surface area contributed by atoms with Crippen LogP contribution < -0.4 is 9.64 Å². The second-order valence-corrected chi connectivity index (χ2v) is 9.54. The van der Waals surface area contributed by atoms with Gasteiger partial charge in [0.15, 0.2) is 16.7 Å². The number of Topliss-reactive ketones (excluding diaryl/α,β-unsaturated/α-hetero) is 1. The zero-order valence-corrected chi connectivity index (χ0v) is 19.1. The number of ketones is 1. The van der Waals surface area contributed by atoms with Crippen molar-refractivity contribution in [2.75, 3.05) is 11.5 Å². The Bertz CT molecular complexity index is 1020. The fraction of sp³-hybridized carbons (Fsp3) is 0.480. The maximum Gasteiger partial charge on any atom is 0.296 e. The maximum atomic E-state index is 13.6. The number of anilines is 1. The van der Waals surface area contributed by atoms with E-state index in [-0.39, 0.29) is 29.5 Å². The molecule has 5 rings (SSSR count). The normalized spacial score (nSPS) is 24.9. The lowest BCUT2D eigenvalue weighted by Crippen LogP contribution is -2.39. The van der Waals surface area contributed by atoms with Crippen LogP contribution in [0.5, 0.6) is 5.75 Å². The number of hydrogen-bond acceptors (Lipinski definition) is 6. The standard InChI is InChI=1S/C25H28N2O4S/c1-2-3-6-14-30-17-11-9-16(10-12-17)21-20-22(28)18-7-4-5-8-19(18)31-23(20)24(29)27(21)25-26-13-15-32-25/h9-13,15,18-19,21H,2-8,14H2,1H3. The summed E-state index contributed by atoms with van der Waals surface area (Å²) in [6.45, 7) is 2.85. The van der Waals surface area contributed by atoms with Gasteiger partial charge in [-0.2, -0.15) is 0 Å². The molecule has 1 aliphatic carbocycles. The lowest BCUT2D eigenvalue weighted by molar-refractivity contribution is -0.131. The smallest absolute Gasteiger partial charge is 0.296 e. The molecule has 3 heterocycles. The molecule has 1 aromatic heterocycles. The Kier molecular flexibility index (Phi) is 6.00. The van der Waals surface area contributed by atoms with Crippen molar-refractivity contribution in [1.82, 2.24) is 4.98 Å². The fourth-order valence-corrected chi connectivity index (χ4v) is 5.65. The van der Waals surface area contributed by atoms with E-state index < -0.39 is 6.04 Å². The van der Waals surface area contributed by atoms with Crippen LogP contribution in [-0.4, -0.2) is 29.4 Å². The number of thiazole rings is 1. The number of carbonyl (C=O) groups is 2. The summed E-state index contributed by atoms with van der Waals surface area (Å²) in [5.41, 5.74) is 1.36. The topological polar surface area (TPSA) is 68.7 Å². The van der Waals surface area contributed by atoms with Crippen LogP contribution in [0.1, 0.15) is 63.5 Å². The molecular formula is C25H28N2O4S. The highest BCUT2D eigenvalue weighted by molar-refractivity contribution is 7.13. The molecule has 0 bridgehead atoms. The zero-order chi connectivity index (χ0) is 22.1. The third-order valence-corrected chi connectivity index (χ3v) is 7.37. The summed E-state index contributed by atoms with van der Waals surface area (Å²) in [7, 11) is 0. The molecule has 3 atom stereocenters. The van der Waals surface area contributed by atoms with Crippen LogP contribution in [0.3, 0.4) is 0 Å². The van der Waals surface area contributed by atoms with Crippen LogP contribution in [0.2, 0.25) is 0 Å². The fourth-order valence-electron chi connectivity index (χ4n) is 4.98. The Morgan fingerprint density at radius 1 is 1.16 bits per heavy atom. The van der Waals surface area contributed by atoms with Crippen LogP contribution in [0, 0.1) is 5.92 Å². The van der Waals surface area contributed by atoms with Crippen molar-refractivity contribution >= 4 is 28.2 Å². The molecule has 1 aromatic carbocycles. The van der Waals surface area contributed by atoms with Crippen LogP contribution in [0.4, 0.5) is 5.13 Å². The van der Waals surface area contributed by atoms with Gasteiger partial charge in [-0.05, 0) is 43.4 Å². The average molecular weight is 453 g/mol. The lowest BCUT2D eigenvalue weighted by atomic mass is 9.77. The number of carbonyl (C=O) groups excluding carboxylic acids is 2. The third-order valence-electron chi connectivity index (χ3n) is 6.60. The Labute approximate surface area is 192 Å². The molecule has 3 unspecified atom stereocenters. The number of amides is 1. The monoisotopic (exact) mass is 452 g/mol. The highest BCUT2D eigenvalue weighted by Crippen LogP contribution is 2.48.